The van der Waals surface area contributed by atoms with Gasteiger partial charge in [-0.05, 0) is 13.3 Å². The fraction of sp³-hybridized carbons (Fsp3) is 0.692. The Morgan fingerprint density at radius 2 is 1.76 bits per heavy atom. The summed E-state index contributed by atoms with van der Waals surface area (Å²) < 4.78 is 36.6. The number of halogens is 3. The second kappa shape index (κ2) is 9.81. The molecule has 0 radical (unpaired) electrons. The molecule has 0 aromatic carbocycles. The van der Waals surface area contributed by atoms with Crippen LogP contribution in [0.15, 0.2) is 0 Å². The summed E-state index contributed by atoms with van der Waals surface area (Å²) in [6.45, 7) is 3.52. The van der Waals surface area contributed by atoms with Crippen LogP contribution in [0.25, 0.3) is 0 Å². The largest absolute Gasteiger partial charge is 0.490 e. The molecule has 0 bridgehead atoms. The van der Waals surface area contributed by atoms with Gasteiger partial charge in [0.2, 0.25) is 5.91 Å². The van der Waals surface area contributed by atoms with Crippen molar-refractivity contribution in [2.24, 2.45) is 5.92 Å². The molecular weight excluding hydrogens is 353 g/mol. The first-order valence-electron chi connectivity index (χ1n) is 7.10. The van der Waals surface area contributed by atoms with E-state index in [1.165, 1.54) is 6.92 Å². The van der Waals surface area contributed by atoms with Gasteiger partial charge < -0.3 is 20.3 Å². The van der Waals surface area contributed by atoms with Crippen LogP contribution in [-0.2, 0) is 23.9 Å². The van der Waals surface area contributed by atoms with Gasteiger partial charge in [0.1, 0.15) is 6.04 Å². The topological polar surface area (TPSA) is 142 Å². The molecule has 1 fully saturated rings. The lowest BCUT2D eigenvalue weighted by atomic mass is 9.99. The van der Waals surface area contributed by atoms with Crippen molar-refractivity contribution in [1.29, 1.82) is 0 Å². The third-order valence-electron chi connectivity index (χ3n) is 3.09. The van der Waals surface area contributed by atoms with Gasteiger partial charge in [-0.15, -0.1) is 0 Å². The van der Waals surface area contributed by atoms with Gasteiger partial charge >= 0.3 is 24.1 Å². The zero-order chi connectivity index (χ0) is 19.8. The number of alkyl halides is 3. The van der Waals surface area contributed by atoms with Crippen LogP contribution in [-0.4, -0.2) is 65.4 Å². The highest BCUT2D eigenvalue weighted by Gasteiger charge is 2.42. The van der Waals surface area contributed by atoms with Crippen molar-refractivity contribution in [2.75, 3.05) is 13.2 Å². The number of carbonyl (C=O) groups is 4. The Balaban J connectivity index is 0.000000697. The molecule has 1 amide bonds. The summed E-state index contributed by atoms with van der Waals surface area (Å²) in [7, 11) is 0. The number of aliphatic carboxylic acids is 2. The predicted octanol–water partition coefficient (Wildman–Crippen LogP) is -0.250. The third-order valence-corrected chi connectivity index (χ3v) is 3.09. The lowest BCUT2D eigenvalue weighted by Crippen LogP contribution is -2.44. The second-order valence-corrected chi connectivity index (χ2v) is 5.00. The van der Waals surface area contributed by atoms with Crippen molar-refractivity contribution >= 4 is 23.8 Å². The van der Waals surface area contributed by atoms with Gasteiger partial charge in [0.25, 0.3) is 0 Å². The highest BCUT2D eigenvalue weighted by Crippen LogP contribution is 2.22. The van der Waals surface area contributed by atoms with Crippen LogP contribution in [0, 0.1) is 5.92 Å². The Morgan fingerprint density at radius 3 is 2.12 bits per heavy atom. The first kappa shape index (κ1) is 22.6. The molecule has 3 atom stereocenters. The molecule has 9 nitrogen and oxygen atoms in total. The molecule has 4 N–H and O–H groups in total. The van der Waals surface area contributed by atoms with E-state index < -0.39 is 42.1 Å². The van der Waals surface area contributed by atoms with Crippen molar-refractivity contribution in [3.8, 4) is 0 Å². The number of esters is 1. The van der Waals surface area contributed by atoms with E-state index in [0.717, 1.165) is 0 Å². The Morgan fingerprint density at radius 1 is 1.24 bits per heavy atom. The monoisotopic (exact) mass is 372 g/mol. The van der Waals surface area contributed by atoms with Crippen LogP contribution >= 0.6 is 0 Å². The van der Waals surface area contributed by atoms with Crippen LogP contribution in [0.1, 0.15) is 20.3 Å². The molecule has 0 saturated carbocycles. The molecular formula is C13H19F3N2O7. The summed E-state index contributed by atoms with van der Waals surface area (Å²) in [6, 6.07) is -1.19. The highest BCUT2D eigenvalue weighted by atomic mass is 19.4. The second-order valence-electron chi connectivity index (χ2n) is 5.00. The molecule has 0 spiro atoms. The minimum absolute atomic E-state index is 0.179. The van der Waals surface area contributed by atoms with Gasteiger partial charge in [-0.3, -0.25) is 19.7 Å². The number of carboxylic acid groups (broad SMARTS) is 2. The molecule has 144 valence electrons. The summed E-state index contributed by atoms with van der Waals surface area (Å²) in [5, 5.41) is 21.5. The number of rotatable bonds is 5. The van der Waals surface area contributed by atoms with Gasteiger partial charge in [0, 0.05) is 19.5 Å². The van der Waals surface area contributed by atoms with E-state index >= 15 is 0 Å². The van der Waals surface area contributed by atoms with Crippen LogP contribution in [0.2, 0.25) is 0 Å². The SMILES string of the molecule is CCOC(=O)[C@@H]1C[C@H](C(=O)O)N[C@H]1CNC(C)=O.O=C(O)C(F)(F)F. The van der Waals surface area contributed by atoms with Gasteiger partial charge in [-0.1, -0.05) is 0 Å². The highest BCUT2D eigenvalue weighted by molar-refractivity contribution is 5.79. The Hall–Kier alpha value is -2.37. The van der Waals surface area contributed by atoms with Crippen LogP contribution in [0.4, 0.5) is 13.2 Å². The van der Waals surface area contributed by atoms with Crippen LogP contribution in [0.3, 0.4) is 0 Å². The average molecular weight is 372 g/mol. The number of carbonyl (C=O) groups excluding carboxylic acids is 2. The molecule has 0 aliphatic carbocycles. The summed E-state index contributed by atoms with van der Waals surface area (Å²) in [6.07, 6.45) is -4.90. The number of carboxylic acids is 2. The molecule has 0 unspecified atom stereocenters. The number of hydrogen-bond acceptors (Lipinski definition) is 6. The van der Waals surface area contributed by atoms with E-state index in [-0.39, 0.29) is 25.5 Å². The smallest absolute Gasteiger partial charge is 0.480 e. The van der Waals surface area contributed by atoms with Gasteiger partial charge in [-0.2, -0.15) is 13.2 Å². The van der Waals surface area contributed by atoms with E-state index in [1.54, 1.807) is 6.92 Å². The van der Waals surface area contributed by atoms with Crippen molar-refractivity contribution in [2.45, 2.75) is 38.5 Å². The van der Waals surface area contributed by atoms with E-state index in [2.05, 4.69) is 10.6 Å². The van der Waals surface area contributed by atoms with Crippen molar-refractivity contribution in [1.82, 2.24) is 10.6 Å². The quantitative estimate of drug-likeness (QED) is 0.484. The minimum atomic E-state index is -5.08. The maximum Gasteiger partial charge on any atom is 0.490 e. The van der Waals surface area contributed by atoms with Crippen molar-refractivity contribution in [3.63, 3.8) is 0 Å². The van der Waals surface area contributed by atoms with Crippen LogP contribution < -0.4 is 10.6 Å². The fourth-order valence-corrected chi connectivity index (χ4v) is 2.00. The first-order chi connectivity index (χ1) is 11.4. The normalized spacial score (nSPS) is 22.4. The van der Waals surface area contributed by atoms with Crippen LogP contribution in [0.5, 0.6) is 0 Å². The Kier molecular flexibility index (Phi) is 8.88. The lowest BCUT2D eigenvalue weighted by molar-refractivity contribution is -0.192. The number of amides is 1. The minimum Gasteiger partial charge on any atom is -0.480 e. The molecule has 1 aliphatic heterocycles. The summed E-state index contributed by atoms with van der Waals surface area (Å²) >= 11 is 0. The predicted molar refractivity (Wildman–Crippen MR) is 75.5 cm³/mol. The fourth-order valence-electron chi connectivity index (χ4n) is 2.00. The zero-order valence-electron chi connectivity index (χ0n) is 13.4. The molecule has 12 heteroatoms. The van der Waals surface area contributed by atoms with Crippen molar-refractivity contribution in [3.05, 3.63) is 0 Å². The van der Waals surface area contributed by atoms with Gasteiger partial charge in [0.05, 0.1) is 12.5 Å². The van der Waals surface area contributed by atoms with E-state index in [4.69, 9.17) is 19.7 Å². The Labute approximate surface area is 140 Å². The zero-order valence-corrected chi connectivity index (χ0v) is 13.4. The van der Waals surface area contributed by atoms with Gasteiger partial charge in [-0.25, -0.2) is 4.79 Å². The molecule has 1 rings (SSSR count). The Bertz CT molecular complexity index is 510. The first-order valence-corrected chi connectivity index (χ1v) is 7.10. The summed E-state index contributed by atoms with van der Waals surface area (Å²) in [5.74, 6) is -4.96. The van der Waals surface area contributed by atoms with E-state index in [0.29, 0.717) is 0 Å². The molecule has 0 aromatic rings. The molecule has 1 saturated heterocycles. The molecule has 1 aliphatic rings. The van der Waals surface area contributed by atoms with E-state index in [1.807, 2.05) is 0 Å². The number of ether oxygens (including phenoxy) is 1. The summed E-state index contributed by atoms with van der Waals surface area (Å²) in [4.78, 5) is 42.4. The third kappa shape index (κ3) is 8.33. The summed E-state index contributed by atoms with van der Waals surface area (Å²) in [5.41, 5.74) is 0. The van der Waals surface area contributed by atoms with Crippen molar-refractivity contribution < 1.29 is 47.3 Å². The number of nitrogens with one attached hydrogen (secondary N) is 2. The maximum atomic E-state index is 11.7. The maximum absolute atomic E-state index is 11.7. The number of hydrogen-bond donors (Lipinski definition) is 4. The van der Waals surface area contributed by atoms with Gasteiger partial charge in [0.15, 0.2) is 0 Å². The standard InChI is InChI=1S/C11H18N2O5.C2HF3O2/c1-3-18-11(17)7-4-8(10(15)16)13-9(7)5-12-6(2)14;3-2(4,5)1(6)7/h7-9,13H,3-5H2,1-2H3,(H,12,14)(H,15,16);(H,6,7)/t7-,8-,9+;/m1./s1. The average Bonchev–Trinajstić information content (AvgIpc) is 2.89. The molecule has 25 heavy (non-hydrogen) atoms. The molecule has 0 aromatic heterocycles. The molecule has 1 heterocycles. The lowest BCUT2D eigenvalue weighted by Gasteiger charge is -2.18. The van der Waals surface area contributed by atoms with E-state index in [9.17, 15) is 27.6 Å².